The molecule has 0 aromatic heterocycles. The van der Waals surface area contributed by atoms with Gasteiger partial charge < -0.3 is 21.3 Å². The van der Waals surface area contributed by atoms with E-state index in [2.05, 4.69) is 26.5 Å². The summed E-state index contributed by atoms with van der Waals surface area (Å²) in [4.78, 5) is 27.9. The number of piperazine rings is 1. The van der Waals surface area contributed by atoms with Crippen LogP contribution in [0.4, 0.5) is 11.4 Å². The summed E-state index contributed by atoms with van der Waals surface area (Å²) in [5.74, 6) is 0.339. The number of anilines is 2. The van der Waals surface area contributed by atoms with Gasteiger partial charge in [0.25, 0.3) is 0 Å². The van der Waals surface area contributed by atoms with E-state index in [1.54, 1.807) is 0 Å². The molecule has 10 heteroatoms. The number of halogens is 3. The zero-order valence-corrected chi connectivity index (χ0v) is 18.2. The molecule has 1 aliphatic heterocycles. The Morgan fingerprint density at radius 3 is 2.32 bits per heavy atom. The van der Waals surface area contributed by atoms with Crippen molar-refractivity contribution in [3.8, 4) is 0 Å². The maximum absolute atomic E-state index is 11.9. The fourth-order valence-corrected chi connectivity index (χ4v) is 3.09. The van der Waals surface area contributed by atoms with Gasteiger partial charge in [-0.2, -0.15) is 0 Å². The Hall–Kier alpha value is -1.25. The number of carbonyl (C=O) groups is 2. The van der Waals surface area contributed by atoms with E-state index in [4.69, 9.17) is 5.73 Å². The summed E-state index contributed by atoms with van der Waals surface area (Å²) >= 11 is 0. The van der Waals surface area contributed by atoms with Gasteiger partial charge >= 0.3 is 0 Å². The molecule has 1 aliphatic carbocycles. The summed E-state index contributed by atoms with van der Waals surface area (Å²) < 4.78 is 0. The van der Waals surface area contributed by atoms with Gasteiger partial charge in [-0.15, -0.1) is 37.2 Å². The first kappa shape index (κ1) is 26.8. The van der Waals surface area contributed by atoms with Crippen molar-refractivity contribution in [3.63, 3.8) is 0 Å². The predicted octanol–water partition coefficient (Wildman–Crippen LogP) is 1.50. The summed E-state index contributed by atoms with van der Waals surface area (Å²) in [7, 11) is 0. The van der Waals surface area contributed by atoms with Crippen molar-refractivity contribution in [1.29, 1.82) is 0 Å². The lowest BCUT2D eigenvalue weighted by atomic mass is 10.2. The average Bonchev–Trinajstić information content (AvgIpc) is 3.44. The minimum atomic E-state index is -0.340. The minimum Gasteiger partial charge on any atom is -0.369 e. The van der Waals surface area contributed by atoms with Crippen molar-refractivity contribution in [2.75, 3.05) is 56.0 Å². The molecule has 2 amide bonds. The topological polar surface area (TPSA) is 90.7 Å². The molecule has 1 heterocycles. The minimum absolute atomic E-state index is 0. The molecule has 2 aliphatic rings. The van der Waals surface area contributed by atoms with Crippen LogP contribution in [0.25, 0.3) is 0 Å². The molecule has 0 unspecified atom stereocenters. The molecule has 4 N–H and O–H groups in total. The molecule has 28 heavy (non-hydrogen) atoms. The molecule has 1 saturated heterocycles. The Morgan fingerprint density at radius 2 is 1.71 bits per heavy atom. The molecule has 1 aromatic rings. The maximum Gasteiger partial charge on any atom is 0.243 e. The molecule has 0 radical (unpaired) electrons. The number of nitrogens with two attached hydrogens (primary N) is 1. The van der Waals surface area contributed by atoms with Gasteiger partial charge in [-0.25, -0.2) is 0 Å². The second kappa shape index (κ2) is 13.1. The molecule has 0 atom stereocenters. The van der Waals surface area contributed by atoms with Crippen LogP contribution in [0.5, 0.6) is 0 Å². The van der Waals surface area contributed by atoms with Gasteiger partial charge in [-0.3, -0.25) is 14.5 Å². The van der Waals surface area contributed by atoms with Crippen LogP contribution in [0.1, 0.15) is 12.8 Å². The lowest BCUT2D eigenvalue weighted by Crippen LogP contribution is -2.47. The predicted molar refractivity (Wildman–Crippen MR) is 120 cm³/mol. The van der Waals surface area contributed by atoms with E-state index < -0.39 is 0 Å². The smallest absolute Gasteiger partial charge is 0.243 e. The number of amides is 2. The Labute approximate surface area is 185 Å². The van der Waals surface area contributed by atoms with Gasteiger partial charge in [0.2, 0.25) is 11.8 Å². The summed E-state index contributed by atoms with van der Waals surface area (Å²) in [5, 5.41) is 5.28. The van der Waals surface area contributed by atoms with E-state index in [1.165, 1.54) is 19.4 Å². The zero-order chi connectivity index (χ0) is 17.6. The highest BCUT2D eigenvalue weighted by molar-refractivity contribution is 5.95. The quantitative estimate of drug-likeness (QED) is 0.581. The average molecular weight is 455 g/mol. The Bertz CT molecular complexity index is 623. The van der Waals surface area contributed by atoms with Gasteiger partial charge in [0, 0.05) is 44.1 Å². The normalized spacial score (nSPS) is 16.1. The number of carbonyl (C=O) groups excluding carboxylic acids is 2. The highest BCUT2D eigenvalue weighted by Crippen LogP contribution is 2.30. The van der Waals surface area contributed by atoms with Crippen molar-refractivity contribution in [3.05, 3.63) is 24.3 Å². The first-order valence-corrected chi connectivity index (χ1v) is 8.98. The largest absolute Gasteiger partial charge is 0.369 e. The monoisotopic (exact) mass is 453 g/mol. The molecule has 7 nitrogen and oxygen atoms in total. The summed E-state index contributed by atoms with van der Waals surface area (Å²) in [6.45, 7) is 5.28. The number of benzene rings is 1. The Balaban J connectivity index is 0.00000243. The van der Waals surface area contributed by atoms with Crippen molar-refractivity contribution in [2.45, 2.75) is 12.8 Å². The number of nitrogens with one attached hydrogen (secondary N) is 2. The van der Waals surface area contributed by atoms with Crippen LogP contribution in [0.2, 0.25) is 0 Å². The molecule has 0 spiro atoms. The Morgan fingerprint density at radius 1 is 1.04 bits per heavy atom. The van der Waals surface area contributed by atoms with Gasteiger partial charge in [0.1, 0.15) is 0 Å². The van der Waals surface area contributed by atoms with E-state index in [9.17, 15) is 9.59 Å². The molecule has 0 bridgehead atoms. The number of hydrogen-bond donors (Lipinski definition) is 3. The second-order valence-corrected chi connectivity index (χ2v) is 6.81. The van der Waals surface area contributed by atoms with Crippen molar-refractivity contribution in [1.82, 2.24) is 10.2 Å². The van der Waals surface area contributed by atoms with Crippen LogP contribution in [-0.2, 0) is 9.59 Å². The first-order valence-electron chi connectivity index (χ1n) is 8.98. The van der Waals surface area contributed by atoms with Gasteiger partial charge in [-0.05, 0) is 37.0 Å². The van der Waals surface area contributed by atoms with E-state index >= 15 is 0 Å². The van der Waals surface area contributed by atoms with Gasteiger partial charge in [0.15, 0.2) is 0 Å². The van der Waals surface area contributed by atoms with Crippen LogP contribution in [0, 0.1) is 5.92 Å². The number of hydrogen-bond acceptors (Lipinski definition) is 5. The fraction of sp³-hybridized carbons (Fsp3) is 0.556. The van der Waals surface area contributed by atoms with E-state index in [0.29, 0.717) is 0 Å². The SMILES string of the molecule is Cl.Cl.Cl.NCC(=O)NCC(=O)Nc1cccc(N2CCN(CC3CC3)CC2)c1. The zero-order valence-electron chi connectivity index (χ0n) is 15.8. The standard InChI is InChI=1S/C18H27N5O2.3ClH/c19-11-17(24)20-12-18(25)21-15-2-1-3-16(10-15)23-8-6-22(7-9-23)13-14-4-5-14;;;/h1-3,10,14H,4-9,11-13,19H2,(H,20,24)(H,21,25);3*1H. The van der Waals surface area contributed by atoms with Crippen LogP contribution >= 0.6 is 37.2 Å². The van der Waals surface area contributed by atoms with Crippen molar-refractivity contribution < 1.29 is 9.59 Å². The number of rotatable bonds is 7. The lowest BCUT2D eigenvalue weighted by molar-refractivity contribution is -0.123. The maximum atomic E-state index is 11.9. The van der Waals surface area contributed by atoms with Gasteiger partial charge in [0.05, 0.1) is 13.1 Å². The molecular weight excluding hydrogens is 425 g/mol. The number of nitrogens with zero attached hydrogens (tertiary/aromatic N) is 2. The van der Waals surface area contributed by atoms with Crippen LogP contribution < -0.4 is 21.3 Å². The summed E-state index contributed by atoms with van der Waals surface area (Å²) in [6.07, 6.45) is 2.79. The summed E-state index contributed by atoms with van der Waals surface area (Å²) in [6, 6.07) is 7.86. The van der Waals surface area contributed by atoms with Crippen LogP contribution in [0.15, 0.2) is 24.3 Å². The molecule has 2 fully saturated rings. The lowest BCUT2D eigenvalue weighted by Gasteiger charge is -2.36. The molecule has 1 aromatic carbocycles. The van der Waals surface area contributed by atoms with Gasteiger partial charge in [-0.1, -0.05) is 6.07 Å². The molecule has 3 rings (SSSR count). The Kier molecular flexibility index (Phi) is 12.5. The van der Waals surface area contributed by atoms with E-state index in [-0.39, 0.29) is 62.1 Å². The summed E-state index contributed by atoms with van der Waals surface area (Å²) in [5.41, 5.74) is 7.06. The van der Waals surface area contributed by atoms with Crippen LogP contribution in [-0.4, -0.2) is 62.5 Å². The third-order valence-corrected chi connectivity index (χ3v) is 4.71. The van der Waals surface area contributed by atoms with Crippen molar-refractivity contribution >= 4 is 60.4 Å². The third-order valence-electron chi connectivity index (χ3n) is 4.71. The van der Waals surface area contributed by atoms with Crippen molar-refractivity contribution in [2.24, 2.45) is 11.7 Å². The second-order valence-electron chi connectivity index (χ2n) is 6.81. The van der Waals surface area contributed by atoms with E-state index in [1.807, 2.05) is 18.2 Å². The van der Waals surface area contributed by atoms with Crippen LogP contribution in [0.3, 0.4) is 0 Å². The molecular formula is C18H30Cl3N5O2. The molecule has 1 saturated carbocycles. The highest BCUT2D eigenvalue weighted by Gasteiger charge is 2.26. The van der Waals surface area contributed by atoms with E-state index in [0.717, 1.165) is 43.5 Å². The highest BCUT2D eigenvalue weighted by atomic mass is 35.5. The fourth-order valence-electron chi connectivity index (χ4n) is 3.09. The first-order chi connectivity index (χ1) is 12.1. The third kappa shape index (κ3) is 8.41. The molecule has 160 valence electrons.